The lowest BCUT2D eigenvalue weighted by atomic mass is 10.3. The molecular formula is C8H8ClN3O. The molecule has 0 aromatic carbocycles. The summed E-state index contributed by atoms with van der Waals surface area (Å²) in [5.41, 5.74) is 1.63. The van der Waals surface area contributed by atoms with Crippen molar-refractivity contribution in [2.75, 3.05) is 0 Å². The Morgan fingerprint density at radius 1 is 1.62 bits per heavy atom. The Labute approximate surface area is 80.1 Å². The summed E-state index contributed by atoms with van der Waals surface area (Å²) in [7, 11) is 0. The number of nitrogens with zero attached hydrogens (tertiary/aromatic N) is 3. The molecule has 0 saturated carbocycles. The van der Waals surface area contributed by atoms with Crippen LogP contribution in [0.2, 0.25) is 5.22 Å². The maximum absolute atomic E-state index is 5.59. The molecule has 2 aromatic heterocycles. The van der Waals surface area contributed by atoms with Crippen LogP contribution >= 0.6 is 11.6 Å². The highest BCUT2D eigenvalue weighted by Gasteiger charge is 2.06. The van der Waals surface area contributed by atoms with Crippen LogP contribution in [0.5, 0.6) is 0 Å². The lowest BCUT2D eigenvalue weighted by Crippen LogP contribution is -1.91. The van der Waals surface area contributed by atoms with Crippen molar-refractivity contribution >= 4 is 11.6 Å². The topological polar surface area (TPSA) is 43.9 Å². The molecule has 13 heavy (non-hydrogen) atoms. The second-order valence-electron chi connectivity index (χ2n) is 2.60. The Hall–Kier alpha value is -1.29. The third-order valence-electron chi connectivity index (χ3n) is 1.73. The van der Waals surface area contributed by atoms with Crippen LogP contribution in [0.3, 0.4) is 0 Å². The summed E-state index contributed by atoms with van der Waals surface area (Å²) in [5, 5.41) is 8.18. The number of hydrogen-bond donors (Lipinski definition) is 0. The highest BCUT2D eigenvalue weighted by atomic mass is 35.5. The lowest BCUT2D eigenvalue weighted by Gasteiger charge is -1.89. The van der Waals surface area contributed by atoms with E-state index in [0.29, 0.717) is 10.9 Å². The summed E-state index contributed by atoms with van der Waals surface area (Å²) in [6, 6.07) is 1.67. The average molecular weight is 198 g/mol. The van der Waals surface area contributed by atoms with Crippen LogP contribution < -0.4 is 0 Å². The summed E-state index contributed by atoms with van der Waals surface area (Å²) in [6.45, 7) is 2.86. The van der Waals surface area contributed by atoms with Crippen molar-refractivity contribution in [3.63, 3.8) is 0 Å². The molecule has 0 unspecified atom stereocenters. The van der Waals surface area contributed by atoms with Crippen LogP contribution in [0, 0.1) is 0 Å². The molecule has 0 amide bonds. The molecule has 0 spiro atoms. The average Bonchev–Trinajstić information content (AvgIpc) is 2.71. The minimum absolute atomic E-state index is 0.291. The largest absolute Gasteiger partial charge is 0.344 e. The normalized spacial score (nSPS) is 10.6. The third-order valence-corrected chi connectivity index (χ3v) is 1.91. The molecule has 0 bridgehead atoms. The smallest absolute Gasteiger partial charge is 0.226 e. The van der Waals surface area contributed by atoms with Crippen molar-refractivity contribution in [3.8, 4) is 11.3 Å². The van der Waals surface area contributed by atoms with E-state index in [0.717, 1.165) is 12.1 Å². The molecule has 0 aliphatic carbocycles. The Kier molecular flexibility index (Phi) is 2.06. The molecule has 0 aliphatic rings. The van der Waals surface area contributed by atoms with Gasteiger partial charge in [0, 0.05) is 24.4 Å². The molecule has 0 atom stereocenters. The van der Waals surface area contributed by atoms with Gasteiger partial charge in [0.05, 0.1) is 6.20 Å². The first-order chi connectivity index (χ1) is 6.29. The quantitative estimate of drug-likeness (QED) is 0.742. The van der Waals surface area contributed by atoms with Crippen molar-refractivity contribution in [3.05, 3.63) is 23.7 Å². The number of halogens is 1. The summed E-state index contributed by atoms with van der Waals surface area (Å²) in [6.07, 6.45) is 3.63. The van der Waals surface area contributed by atoms with E-state index in [1.165, 1.54) is 0 Å². The monoisotopic (exact) mass is 197 g/mol. The molecule has 0 N–H and O–H groups in total. The maximum atomic E-state index is 5.59. The summed E-state index contributed by atoms with van der Waals surface area (Å²) in [4.78, 5) is 0. The number of hydrogen-bond acceptors (Lipinski definition) is 3. The Bertz CT molecular complexity index is 407. The fourth-order valence-corrected chi connectivity index (χ4v) is 1.20. The molecule has 0 aliphatic heterocycles. The van der Waals surface area contributed by atoms with Crippen molar-refractivity contribution in [2.24, 2.45) is 0 Å². The Morgan fingerprint density at radius 2 is 2.46 bits per heavy atom. The van der Waals surface area contributed by atoms with Gasteiger partial charge in [0.15, 0.2) is 0 Å². The molecule has 0 radical (unpaired) electrons. The van der Waals surface area contributed by atoms with Gasteiger partial charge < -0.3 is 4.52 Å². The van der Waals surface area contributed by atoms with Gasteiger partial charge in [-0.2, -0.15) is 5.10 Å². The number of aryl methyl sites for hydroxylation is 1. The Morgan fingerprint density at radius 3 is 3.00 bits per heavy atom. The van der Waals surface area contributed by atoms with Crippen LogP contribution in [0.25, 0.3) is 11.3 Å². The van der Waals surface area contributed by atoms with E-state index in [9.17, 15) is 0 Å². The van der Waals surface area contributed by atoms with Crippen LogP contribution in [-0.2, 0) is 6.54 Å². The molecule has 0 fully saturated rings. The second-order valence-corrected chi connectivity index (χ2v) is 2.97. The summed E-state index contributed by atoms with van der Waals surface area (Å²) in [5.74, 6) is 0. The van der Waals surface area contributed by atoms with Crippen LogP contribution in [0.15, 0.2) is 23.0 Å². The minimum atomic E-state index is 0.291. The second kappa shape index (κ2) is 3.22. The van der Waals surface area contributed by atoms with E-state index in [-0.39, 0.29) is 0 Å². The first-order valence-corrected chi connectivity index (χ1v) is 4.32. The van der Waals surface area contributed by atoms with Gasteiger partial charge in [0.25, 0.3) is 0 Å². The van der Waals surface area contributed by atoms with Crippen molar-refractivity contribution in [1.82, 2.24) is 14.9 Å². The van der Waals surface area contributed by atoms with Crippen LogP contribution in [0.4, 0.5) is 0 Å². The van der Waals surface area contributed by atoms with E-state index in [1.54, 1.807) is 12.3 Å². The molecule has 2 heterocycles. The fraction of sp³-hybridized carbons (Fsp3) is 0.250. The van der Waals surface area contributed by atoms with Gasteiger partial charge in [-0.05, 0) is 18.5 Å². The first-order valence-electron chi connectivity index (χ1n) is 3.94. The molecule has 2 rings (SSSR count). The predicted molar refractivity (Wildman–Crippen MR) is 48.4 cm³/mol. The van der Waals surface area contributed by atoms with Gasteiger partial charge in [0.1, 0.15) is 5.69 Å². The first kappa shape index (κ1) is 8.31. The van der Waals surface area contributed by atoms with Gasteiger partial charge in [-0.25, -0.2) is 0 Å². The molecule has 2 aromatic rings. The predicted octanol–water partition coefficient (Wildman–Crippen LogP) is 2.21. The molecular weight excluding hydrogens is 190 g/mol. The van der Waals surface area contributed by atoms with Crippen molar-refractivity contribution in [1.29, 1.82) is 0 Å². The van der Waals surface area contributed by atoms with Crippen molar-refractivity contribution in [2.45, 2.75) is 13.5 Å². The molecule has 0 saturated heterocycles. The van der Waals surface area contributed by atoms with Gasteiger partial charge >= 0.3 is 0 Å². The maximum Gasteiger partial charge on any atom is 0.226 e. The Balaban J connectivity index is 2.35. The van der Waals surface area contributed by atoms with Crippen LogP contribution in [0.1, 0.15) is 6.92 Å². The number of aromatic nitrogens is 3. The van der Waals surface area contributed by atoms with E-state index >= 15 is 0 Å². The van der Waals surface area contributed by atoms with Crippen LogP contribution in [-0.4, -0.2) is 14.9 Å². The molecule has 68 valence electrons. The van der Waals surface area contributed by atoms with Crippen molar-refractivity contribution < 1.29 is 4.52 Å². The fourth-order valence-electron chi connectivity index (χ4n) is 1.06. The van der Waals surface area contributed by atoms with E-state index < -0.39 is 0 Å². The molecule has 4 nitrogen and oxygen atoms in total. The van der Waals surface area contributed by atoms with E-state index in [1.807, 2.05) is 17.8 Å². The van der Waals surface area contributed by atoms with E-state index in [4.69, 9.17) is 16.1 Å². The summed E-state index contributed by atoms with van der Waals surface area (Å²) < 4.78 is 6.56. The lowest BCUT2D eigenvalue weighted by molar-refractivity contribution is 0.424. The van der Waals surface area contributed by atoms with Gasteiger partial charge in [-0.1, -0.05) is 5.16 Å². The SMILES string of the molecule is CCn1cc(-c2cc(Cl)on2)cn1. The summed E-state index contributed by atoms with van der Waals surface area (Å²) >= 11 is 5.59. The zero-order chi connectivity index (χ0) is 9.26. The van der Waals surface area contributed by atoms with Gasteiger partial charge in [0.2, 0.25) is 5.22 Å². The zero-order valence-corrected chi connectivity index (χ0v) is 7.82. The minimum Gasteiger partial charge on any atom is -0.344 e. The highest BCUT2D eigenvalue weighted by molar-refractivity contribution is 6.29. The van der Waals surface area contributed by atoms with Gasteiger partial charge in [-0.3, -0.25) is 4.68 Å². The molecule has 5 heteroatoms. The zero-order valence-electron chi connectivity index (χ0n) is 7.07. The standard InChI is InChI=1S/C8H8ClN3O/c1-2-12-5-6(4-10-12)7-3-8(9)13-11-7/h3-5H,2H2,1H3. The highest BCUT2D eigenvalue weighted by Crippen LogP contribution is 2.20. The third kappa shape index (κ3) is 1.58. The number of rotatable bonds is 2. The van der Waals surface area contributed by atoms with Gasteiger partial charge in [-0.15, -0.1) is 0 Å². The van der Waals surface area contributed by atoms with E-state index in [2.05, 4.69) is 10.3 Å².